The molecule has 1 unspecified atom stereocenters. The number of rotatable bonds is 5. The Morgan fingerprint density at radius 1 is 1.41 bits per heavy atom. The SMILES string of the molecule is CCNC(Cc1ccsc1)c1sc(C)nc1C. The van der Waals surface area contributed by atoms with E-state index in [1.165, 1.54) is 16.1 Å². The highest BCUT2D eigenvalue weighted by Crippen LogP contribution is 2.27. The zero-order chi connectivity index (χ0) is 12.3. The van der Waals surface area contributed by atoms with Crippen molar-refractivity contribution in [2.24, 2.45) is 0 Å². The number of hydrogen-bond acceptors (Lipinski definition) is 4. The predicted octanol–water partition coefficient (Wildman–Crippen LogP) is 3.71. The third kappa shape index (κ3) is 3.15. The second-order valence-corrected chi connectivity index (χ2v) is 6.14. The molecule has 0 saturated carbocycles. The Morgan fingerprint density at radius 3 is 2.76 bits per heavy atom. The smallest absolute Gasteiger partial charge is 0.0900 e. The van der Waals surface area contributed by atoms with Crippen molar-refractivity contribution in [1.29, 1.82) is 0 Å². The standard InChI is InChI=1S/C13H18N2S2/c1-4-14-12(7-11-5-6-16-8-11)13-9(2)15-10(3)17-13/h5-6,8,12,14H,4,7H2,1-3H3. The summed E-state index contributed by atoms with van der Waals surface area (Å²) in [5.41, 5.74) is 2.58. The number of thiophene rings is 1. The molecule has 2 heterocycles. The normalized spacial score (nSPS) is 12.9. The van der Waals surface area contributed by atoms with Crippen LogP contribution >= 0.6 is 22.7 Å². The highest BCUT2D eigenvalue weighted by molar-refractivity contribution is 7.11. The summed E-state index contributed by atoms with van der Waals surface area (Å²) in [6, 6.07) is 2.61. The molecule has 17 heavy (non-hydrogen) atoms. The lowest BCUT2D eigenvalue weighted by atomic mass is 10.1. The van der Waals surface area contributed by atoms with Gasteiger partial charge in [-0.3, -0.25) is 0 Å². The summed E-state index contributed by atoms with van der Waals surface area (Å²) in [5.74, 6) is 0. The average Bonchev–Trinajstić information content (AvgIpc) is 2.88. The van der Waals surface area contributed by atoms with Crippen LogP contribution in [-0.2, 0) is 6.42 Å². The number of nitrogens with zero attached hydrogens (tertiary/aromatic N) is 1. The van der Waals surface area contributed by atoms with E-state index in [0.717, 1.165) is 18.0 Å². The van der Waals surface area contributed by atoms with Crippen LogP contribution in [0.5, 0.6) is 0 Å². The Kier molecular flexibility index (Phi) is 4.31. The molecule has 0 bridgehead atoms. The summed E-state index contributed by atoms with van der Waals surface area (Å²) >= 11 is 3.58. The fourth-order valence-electron chi connectivity index (χ4n) is 2.02. The predicted molar refractivity (Wildman–Crippen MR) is 76.0 cm³/mol. The van der Waals surface area contributed by atoms with Crippen molar-refractivity contribution in [3.05, 3.63) is 38.0 Å². The summed E-state index contributed by atoms with van der Waals surface area (Å²) in [4.78, 5) is 5.91. The first-order valence-corrected chi connectivity index (χ1v) is 7.65. The van der Waals surface area contributed by atoms with Gasteiger partial charge in [-0.25, -0.2) is 4.98 Å². The van der Waals surface area contributed by atoms with Crippen LogP contribution < -0.4 is 5.32 Å². The number of hydrogen-bond donors (Lipinski definition) is 1. The molecule has 4 heteroatoms. The summed E-state index contributed by atoms with van der Waals surface area (Å²) in [6.45, 7) is 7.33. The number of aryl methyl sites for hydroxylation is 2. The molecule has 2 nitrogen and oxygen atoms in total. The van der Waals surface area contributed by atoms with E-state index < -0.39 is 0 Å². The quantitative estimate of drug-likeness (QED) is 0.892. The molecular formula is C13H18N2S2. The van der Waals surface area contributed by atoms with E-state index in [9.17, 15) is 0 Å². The summed E-state index contributed by atoms with van der Waals surface area (Å²) < 4.78 is 0. The molecular weight excluding hydrogens is 248 g/mol. The van der Waals surface area contributed by atoms with Crippen LogP contribution in [0, 0.1) is 13.8 Å². The molecule has 2 rings (SSSR count). The number of likely N-dealkylation sites (N-methyl/N-ethyl adjacent to an activating group) is 1. The molecule has 1 atom stereocenters. The second-order valence-electron chi connectivity index (χ2n) is 4.13. The molecule has 0 radical (unpaired) electrons. The monoisotopic (exact) mass is 266 g/mol. The molecule has 0 aliphatic heterocycles. The molecule has 0 amide bonds. The van der Waals surface area contributed by atoms with Crippen LogP contribution in [0.4, 0.5) is 0 Å². The largest absolute Gasteiger partial charge is 0.309 e. The van der Waals surface area contributed by atoms with Crippen LogP contribution in [0.2, 0.25) is 0 Å². The van der Waals surface area contributed by atoms with Crippen molar-refractivity contribution in [1.82, 2.24) is 10.3 Å². The van der Waals surface area contributed by atoms with Crippen LogP contribution in [0.15, 0.2) is 16.8 Å². The van der Waals surface area contributed by atoms with E-state index in [2.05, 4.69) is 47.9 Å². The van der Waals surface area contributed by atoms with Crippen LogP contribution in [0.25, 0.3) is 0 Å². The second kappa shape index (κ2) is 5.76. The molecule has 0 aliphatic carbocycles. The summed E-state index contributed by atoms with van der Waals surface area (Å²) in [7, 11) is 0. The highest BCUT2D eigenvalue weighted by Gasteiger charge is 2.17. The Balaban J connectivity index is 2.19. The zero-order valence-corrected chi connectivity index (χ0v) is 12.1. The molecule has 0 spiro atoms. The van der Waals surface area contributed by atoms with Crippen molar-refractivity contribution in [2.75, 3.05) is 6.54 Å². The Labute approximate surface area is 111 Å². The molecule has 0 fully saturated rings. The number of thiazole rings is 1. The molecule has 0 aromatic carbocycles. The van der Waals surface area contributed by atoms with Crippen molar-refractivity contribution in [2.45, 2.75) is 33.2 Å². The Morgan fingerprint density at radius 2 is 2.24 bits per heavy atom. The van der Waals surface area contributed by atoms with Crippen LogP contribution in [0.1, 0.15) is 34.1 Å². The van der Waals surface area contributed by atoms with Crippen LogP contribution in [0.3, 0.4) is 0 Å². The van der Waals surface area contributed by atoms with Crippen molar-refractivity contribution in [3.63, 3.8) is 0 Å². The topological polar surface area (TPSA) is 24.9 Å². The van der Waals surface area contributed by atoms with Gasteiger partial charge in [-0.2, -0.15) is 11.3 Å². The first kappa shape index (κ1) is 12.7. The lowest BCUT2D eigenvalue weighted by molar-refractivity contribution is 0.555. The number of nitrogens with one attached hydrogen (secondary N) is 1. The van der Waals surface area contributed by atoms with Crippen molar-refractivity contribution >= 4 is 22.7 Å². The van der Waals surface area contributed by atoms with E-state index in [1.807, 2.05) is 11.3 Å². The zero-order valence-electron chi connectivity index (χ0n) is 10.5. The lowest BCUT2D eigenvalue weighted by Crippen LogP contribution is -2.22. The van der Waals surface area contributed by atoms with Crippen molar-refractivity contribution in [3.8, 4) is 0 Å². The molecule has 2 aromatic rings. The van der Waals surface area contributed by atoms with Gasteiger partial charge in [-0.1, -0.05) is 6.92 Å². The van der Waals surface area contributed by atoms with Gasteiger partial charge in [0, 0.05) is 10.9 Å². The highest BCUT2D eigenvalue weighted by atomic mass is 32.1. The average molecular weight is 266 g/mol. The van der Waals surface area contributed by atoms with Gasteiger partial charge < -0.3 is 5.32 Å². The molecule has 0 aliphatic rings. The summed E-state index contributed by atoms with van der Waals surface area (Å²) in [6.07, 6.45) is 1.06. The maximum absolute atomic E-state index is 4.52. The summed E-state index contributed by atoms with van der Waals surface area (Å²) in [5, 5.41) is 9.10. The number of aromatic nitrogens is 1. The first-order valence-electron chi connectivity index (χ1n) is 5.89. The fraction of sp³-hybridized carbons (Fsp3) is 0.462. The third-order valence-electron chi connectivity index (χ3n) is 2.73. The first-order chi connectivity index (χ1) is 8.20. The maximum atomic E-state index is 4.52. The lowest BCUT2D eigenvalue weighted by Gasteiger charge is -2.16. The fourth-order valence-corrected chi connectivity index (χ4v) is 3.70. The van der Waals surface area contributed by atoms with Gasteiger partial charge in [0.2, 0.25) is 0 Å². The van der Waals surface area contributed by atoms with Crippen LogP contribution in [-0.4, -0.2) is 11.5 Å². The Hall–Kier alpha value is -0.710. The molecule has 0 saturated heterocycles. The van der Waals surface area contributed by atoms with Gasteiger partial charge in [-0.05, 0) is 49.2 Å². The molecule has 92 valence electrons. The minimum Gasteiger partial charge on any atom is -0.309 e. The maximum Gasteiger partial charge on any atom is 0.0900 e. The van der Waals surface area contributed by atoms with E-state index in [-0.39, 0.29) is 0 Å². The molecule has 1 N–H and O–H groups in total. The molecule has 2 aromatic heterocycles. The minimum atomic E-state index is 0.404. The van der Waals surface area contributed by atoms with Gasteiger partial charge >= 0.3 is 0 Å². The van der Waals surface area contributed by atoms with E-state index in [1.54, 1.807) is 11.3 Å². The van der Waals surface area contributed by atoms with Gasteiger partial charge in [0.1, 0.15) is 0 Å². The Bertz CT molecular complexity index is 460. The van der Waals surface area contributed by atoms with Gasteiger partial charge in [-0.15, -0.1) is 11.3 Å². The van der Waals surface area contributed by atoms with E-state index in [4.69, 9.17) is 0 Å². The minimum absolute atomic E-state index is 0.404. The van der Waals surface area contributed by atoms with Gasteiger partial charge in [0.25, 0.3) is 0 Å². The van der Waals surface area contributed by atoms with Gasteiger partial charge in [0.05, 0.1) is 10.7 Å². The van der Waals surface area contributed by atoms with Crippen molar-refractivity contribution < 1.29 is 0 Å². The van der Waals surface area contributed by atoms with Gasteiger partial charge in [0.15, 0.2) is 0 Å². The third-order valence-corrected chi connectivity index (χ3v) is 4.64. The van der Waals surface area contributed by atoms with E-state index in [0.29, 0.717) is 6.04 Å². The van der Waals surface area contributed by atoms with E-state index >= 15 is 0 Å².